The standard InChI is InChI=1S/C17H25N3O2S/c1-11(2)9-18-17(21)14-8-16(15-10-23-13(4)19-15)20(12(14)3)6-7-22-5/h8,10-11H,6-7,9H2,1-5H3,(H,18,21). The van der Waals surface area contributed by atoms with Gasteiger partial charge in [0, 0.05) is 31.3 Å². The molecule has 0 saturated carbocycles. The van der Waals surface area contributed by atoms with Gasteiger partial charge in [0.15, 0.2) is 0 Å². The maximum atomic E-state index is 12.5. The van der Waals surface area contributed by atoms with Crippen molar-refractivity contribution in [3.05, 3.63) is 27.7 Å². The SMILES string of the molecule is COCCn1c(-c2csc(C)n2)cc(C(=O)NCC(C)C)c1C. The Morgan fingerprint density at radius 2 is 2.17 bits per heavy atom. The van der Waals surface area contributed by atoms with Crippen LogP contribution in [0.2, 0.25) is 0 Å². The molecule has 0 fully saturated rings. The summed E-state index contributed by atoms with van der Waals surface area (Å²) in [6.07, 6.45) is 0. The largest absolute Gasteiger partial charge is 0.383 e. The van der Waals surface area contributed by atoms with Crippen molar-refractivity contribution >= 4 is 17.2 Å². The van der Waals surface area contributed by atoms with Crippen LogP contribution >= 0.6 is 11.3 Å². The van der Waals surface area contributed by atoms with Gasteiger partial charge in [-0.05, 0) is 25.8 Å². The van der Waals surface area contributed by atoms with E-state index in [1.54, 1.807) is 18.4 Å². The van der Waals surface area contributed by atoms with Gasteiger partial charge in [-0.15, -0.1) is 11.3 Å². The summed E-state index contributed by atoms with van der Waals surface area (Å²) in [7, 11) is 1.68. The zero-order valence-corrected chi connectivity index (χ0v) is 15.3. The zero-order valence-electron chi connectivity index (χ0n) is 14.5. The number of rotatable bonds is 7. The van der Waals surface area contributed by atoms with Crippen LogP contribution in [0.3, 0.4) is 0 Å². The van der Waals surface area contributed by atoms with E-state index >= 15 is 0 Å². The molecule has 0 aromatic carbocycles. The maximum absolute atomic E-state index is 12.5. The van der Waals surface area contributed by atoms with E-state index in [0.717, 1.165) is 22.1 Å². The van der Waals surface area contributed by atoms with Crippen molar-refractivity contribution < 1.29 is 9.53 Å². The van der Waals surface area contributed by atoms with Crippen molar-refractivity contribution in [3.63, 3.8) is 0 Å². The molecular formula is C17H25N3O2S. The van der Waals surface area contributed by atoms with Gasteiger partial charge in [-0.3, -0.25) is 4.79 Å². The molecule has 0 radical (unpaired) electrons. The first-order valence-corrected chi connectivity index (χ1v) is 8.71. The zero-order chi connectivity index (χ0) is 17.0. The van der Waals surface area contributed by atoms with E-state index in [2.05, 4.69) is 28.7 Å². The van der Waals surface area contributed by atoms with E-state index in [1.807, 2.05) is 25.3 Å². The van der Waals surface area contributed by atoms with Crippen molar-refractivity contribution in [2.75, 3.05) is 20.3 Å². The lowest BCUT2D eigenvalue weighted by Crippen LogP contribution is -2.27. The molecule has 0 aliphatic rings. The van der Waals surface area contributed by atoms with E-state index in [1.165, 1.54) is 0 Å². The van der Waals surface area contributed by atoms with Crippen molar-refractivity contribution in [3.8, 4) is 11.4 Å². The Bertz CT molecular complexity index is 673. The Morgan fingerprint density at radius 3 is 2.74 bits per heavy atom. The lowest BCUT2D eigenvalue weighted by Gasteiger charge is -2.11. The molecule has 1 amide bonds. The third-order valence-electron chi connectivity index (χ3n) is 3.68. The van der Waals surface area contributed by atoms with Crippen LogP contribution in [0.1, 0.15) is 34.9 Å². The van der Waals surface area contributed by atoms with Gasteiger partial charge in [0.05, 0.1) is 28.6 Å². The fourth-order valence-electron chi connectivity index (χ4n) is 2.43. The summed E-state index contributed by atoms with van der Waals surface area (Å²) in [6, 6.07) is 1.94. The molecule has 2 heterocycles. The summed E-state index contributed by atoms with van der Waals surface area (Å²) in [5.41, 5.74) is 3.54. The number of hydrogen-bond donors (Lipinski definition) is 1. The van der Waals surface area contributed by atoms with Crippen LogP contribution in [0, 0.1) is 19.8 Å². The smallest absolute Gasteiger partial charge is 0.253 e. The molecule has 0 bridgehead atoms. The number of aryl methyl sites for hydroxylation is 1. The van der Waals surface area contributed by atoms with E-state index in [0.29, 0.717) is 31.2 Å². The average Bonchev–Trinajstić information content (AvgIpc) is 3.06. The van der Waals surface area contributed by atoms with Crippen LogP contribution < -0.4 is 5.32 Å². The van der Waals surface area contributed by atoms with Gasteiger partial charge in [0.1, 0.15) is 0 Å². The molecule has 2 aromatic rings. The Labute approximate surface area is 141 Å². The van der Waals surface area contributed by atoms with Gasteiger partial charge in [0.25, 0.3) is 5.91 Å². The third kappa shape index (κ3) is 4.20. The molecule has 5 nitrogen and oxygen atoms in total. The molecule has 1 N–H and O–H groups in total. The lowest BCUT2D eigenvalue weighted by atomic mass is 10.2. The molecule has 0 saturated heterocycles. The van der Waals surface area contributed by atoms with E-state index in [4.69, 9.17) is 4.74 Å². The summed E-state index contributed by atoms with van der Waals surface area (Å²) >= 11 is 1.61. The fourth-order valence-corrected chi connectivity index (χ4v) is 3.04. The van der Waals surface area contributed by atoms with Crippen molar-refractivity contribution in [2.45, 2.75) is 34.2 Å². The first kappa shape index (κ1) is 17.7. The predicted octanol–water partition coefficient (Wildman–Crippen LogP) is 3.26. The Kier molecular flexibility index (Phi) is 5.96. The van der Waals surface area contributed by atoms with Crippen LogP contribution in [-0.2, 0) is 11.3 Å². The summed E-state index contributed by atoms with van der Waals surface area (Å²) in [5.74, 6) is 0.399. The summed E-state index contributed by atoms with van der Waals surface area (Å²) in [4.78, 5) is 17.0. The van der Waals surface area contributed by atoms with Crippen molar-refractivity contribution in [2.24, 2.45) is 5.92 Å². The molecule has 126 valence electrons. The van der Waals surface area contributed by atoms with Crippen molar-refractivity contribution in [1.82, 2.24) is 14.9 Å². The normalized spacial score (nSPS) is 11.2. The second-order valence-corrected chi connectivity index (χ2v) is 7.09. The summed E-state index contributed by atoms with van der Waals surface area (Å²) in [5, 5.41) is 6.04. The Hall–Kier alpha value is -1.66. The second kappa shape index (κ2) is 7.75. The highest BCUT2D eigenvalue weighted by atomic mass is 32.1. The van der Waals surface area contributed by atoms with Crippen molar-refractivity contribution in [1.29, 1.82) is 0 Å². The van der Waals surface area contributed by atoms with Crippen LogP contribution in [0.15, 0.2) is 11.4 Å². The topological polar surface area (TPSA) is 56.2 Å². The van der Waals surface area contributed by atoms with Crippen LogP contribution in [0.5, 0.6) is 0 Å². The molecule has 0 aliphatic heterocycles. The summed E-state index contributed by atoms with van der Waals surface area (Å²) in [6.45, 7) is 10.1. The molecule has 0 unspecified atom stereocenters. The Morgan fingerprint density at radius 1 is 1.43 bits per heavy atom. The molecule has 0 aliphatic carbocycles. The maximum Gasteiger partial charge on any atom is 0.253 e. The predicted molar refractivity (Wildman–Crippen MR) is 94.1 cm³/mol. The highest BCUT2D eigenvalue weighted by Gasteiger charge is 2.19. The lowest BCUT2D eigenvalue weighted by molar-refractivity contribution is 0.0948. The second-order valence-electron chi connectivity index (χ2n) is 6.03. The molecule has 2 aromatic heterocycles. The monoisotopic (exact) mass is 335 g/mol. The minimum Gasteiger partial charge on any atom is -0.383 e. The van der Waals surface area contributed by atoms with E-state index in [-0.39, 0.29) is 5.91 Å². The van der Waals surface area contributed by atoms with Gasteiger partial charge in [-0.1, -0.05) is 13.8 Å². The molecule has 23 heavy (non-hydrogen) atoms. The van der Waals surface area contributed by atoms with Crippen LogP contribution in [0.25, 0.3) is 11.4 Å². The molecular weight excluding hydrogens is 310 g/mol. The van der Waals surface area contributed by atoms with E-state index in [9.17, 15) is 4.79 Å². The number of aromatic nitrogens is 2. The van der Waals surface area contributed by atoms with Crippen LogP contribution in [-0.4, -0.2) is 35.7 Å². The quantitative estimate of drug-likeness (QED) is 0.845. The number of methoxy groups -OCH3 is 1. The van der Waals surface area contributed by atoms with E-state index < -0.39 is 0 Å². The number of hydrogen-bond acceptors (Lipinski definition) is 4. The van der Waals surface area contributed by atoms with Gasteiger partial charge < -0.3 is 14.6 Å². The number of nitrogens with zero attached hydrogens (tertiary/aromatic N) is 2. The Balaban J connectivity index is 2.37. The summed E-state index contributed by atoms with van der Waals surface area (Å²) < 4.78 is 7.32. The molecule has 0 spiro atoms. The number of carbonyl (C=O) groups is 1. The minimum atomic E-state index is -0.0273. The molecule has 6 heteroatoms. The van der Waals surface area contributed by atoms with Gasteiger partial charge in [-0.2, -0.15) is 0 Å². The third-order valence-corrected chi connectivity index (χ3v) is 4.46. The number of amides is 1. The highest BCUT2D eigenvalue weighted by Crippen LogP contribution is 2.27. The number of carbonyl (C=O) groups excluding carboxylic acids is 1. The number of nitrogens with one attached hydrogen (secondary N) is 1. The number of thiazole rings is 1. The van der Waals surface area contributed by atoms with Gasteiger partial charge in [0.2, 0.25) is 0 Å². The first-order valence-electron chi connectivity index (χ1n) is 7.83. The van der Waals surface area contributed by atoms with Gasteiger partial charge in [-0.25, -0.2) is 4.98 Å². The highest BCUT2D eigenvalue weighted by molar-refractivity contribution is 7.09. The molecule has 0 atom stereocenters. The molecule has 2 rings (SSSR count). The minimum absolute atomic E-state index is 0.0273. The average molecular weight is 335 g/mol. The number of ether oxygens (including phenoxy) is 1. The van der Waals surface area contributed by atoms with Gasteiger partial charge >= 0.3 is 0 Å². The fraction of sp³-hybridized carbons (Fsp3) is 0.529. The van der Waals surface area contributed by atoms with Crippen LogP contribution in [0.4, 0.5) is 0 Å². The first-order chi connectivity index (χ1) is 10.9.